The highest BCUT2D eigenvalue weighted by Gasteiger charge is 2.03. The second kappa shape index (κ2) is 5.65. The van der Waals surface area contributed by atoms with Crippen LogP contribution in [0.25, 0.3) is 0 Å². The van der Waals surface area contributed by atoms with E-state index in [2.05, 4.69) is 10.3 Å². The average molecular weight is 263 g/mol. The van der Waals surface area contributed by atoms with Crippen LogP contribution in [0.4, 0.5) is 20.3 Å². The Hall–Kier alpha value is -2.17. The van der Waals surface area contributed by atoms with Crippen molar-refractivity contribution in [1.82, 2.24) is 4.98 Å². The van der Waals surface area contributed by atoms with Gasteiger partial charge in [-0.15, -0.1) is 0 Å². The monoisotopic (exact) mass is 263 g/mol. The molecule has 0 aliphatic rings. The topological polar surface area (TPSA) is 50.9 Å². The number of nitrogens with two attached hydrogens (primary N) is 1. The largest absolute Gasteiger partial charge is 0.397 e. The summed E-state index contributed by atoms with van der Waals surface area (Å²) in [6.07, 6.45) is 2.18. The average Bonchev–Trinajstić information content (AvgIpc) is 2.38. The molecule has 0 unspecified atom stereocenters. The smallest absolute Gasteiger partial charge is 0.159 e. The van der Waals surface area contributed by atoms with Gasteiger partial charge >= 0.3 is 0 Å². The predicted molar refractivity (Wildman–Crippen MR) is 71.9 cm³/mol. The number of aryl methyl sites for hydroxylation is 1. The Labute approximate surface area is 110 Å². The van der Waals surface area contributed by atoms with Gasteiger partial charge in [-0.2, -0.15) is 0 Å². The molecule has 1 aromatic carbocycles. The van der Waals surface area contributed by atoms with Gasteiger partial charge in [0.1, 0.15) is 5.82 Å². The van der Waals surface area contributed by atoms with Crippen molar-refractivity contribution in [3.63, 3.8) is 0 Å². The van der Waals surface area contributed by atoms with E-state index >= 15 is 0 Å². The molecular formula is C14H15F2N3. The number of pyridine rings is 1. The molecule has 3 nitrogen and oxygen atoms in total. The van der Waals surface area contributed by atoms with E-state index in [1.54, 1.807) is 12.3 Å². The van der Waals surface area contributed by atoms with Gasteiger partial charge in [-0.3, -0.25) is 0 Å². The number of hydrogen-bond acceptors (Lipinski definition) is 3. The molecule has 0 radical (unpaired) electrons. The Balaban J connectivity index is 1.92. The van der Waals surface area contributed by atoms with Crippen molar-refractivity contribution in [1.29, 1.82) is 0 Å². The van der Waals surface area contributed by atoms with Gasteiger partial charge in [0.15, 0.2) is 11.6 Å². The van der Waals surface area contributed by atoms with E-state index in [0.29, 0.717) is 24.5 Å². The van der Waals surface area contributed by atoms with E-state index in [9.17, 15) is 8.78 Å². The number of anilines is 2. The molecule has 19 heavy (non-hydrogen) atoms. The van der Waals surface area contributed by atoms with E-state index in [1.807, 2.05) is 13.0 Å². The molecule has 0 saturated carbocycles. The molecule has 100 valence electrons. The van der Waals surface area contributed by atoms with Crippen molar-refractivity contribution in [2.75, 3.05) is 17.6 Å². The maximum Gasteiger partial charge on any atom is 0.159 e. The highest BCUT2D eigenvalue weighted by atomic mass is 19.2. The van der Waals surface area contributed by atoms with Crippen LogP contribution in [0.3, 0.4) is 0 Å². The van der Waals surface area contributed by atoms with E-state index in [1.165, 1.54) is 6.07 Å². The van der Waals surface area contributed by atoms with Crippen molar-refractivity contribution in [2.45, 2.75) is 13.3 Å². The first kappa shape index (κ1) is 13.3. The van der Waals surface area contributed by atoms with E-state index in [-0.39, 0.29) is 0 Å². The standard InChI is InChI=1S/C14H15F2N3/c1-9-6-14(19-8-13(9)17)18-5-4-10-2-3-11(15)12(16)7-10/h2-3,6-8H,4-5,17H2,1H3,(H,18,19). The van der Waals surface area contributed by atoms with Crippen molar-refractivity contribution in [2.24, 2.45) is 0 Å². The lowest BCUT2D eigenvalue weighted by atomic mass is 10.1. The summed E-state index contributed by atoms with van der Waals surface area (Å²) in [5.74, 6) is -0.930. The summed E-state index contributed by atoms with van der Waals surface area (Å²) in [6, 6.07) is 5.76. The lowest BCUT2D eigenvalue weighted by Gasteiger charge is -2.07. The molecule has 3 N–H and O–H groups in total. The maximum absolute atomic E-state index is 13.0. The fourth-order valence-corrected chi connectivity index (χ4v) is 1.69. The Morgan fingerprint density at radius 2 is 2.00 bits per heavy atom. The second-order valence-corrected chi connectivity index (χ2v) is 4.35. The van der Waals surface area contributed by atoms with Crippen molar-refractivity contribution >= 4 is 11.5 Å². The fourth-order valence-electron chi connectivity index (χ4n) is 1.69. The zero-order chi connectivity index (χ0) is 13.8. The minimum absolute atomic E-state index is 0.585. The molecule has 2 rings (SSSR count). The molecule has 2 aromatic rings. The number of aromatic nitrogens is 1. The normalized spacial score (nSPS) is 10.5. The zero-order valence-electron chi connectivity index (χ0n) is 10.6. The minimum Gasteiger partial charge on any atom is -0.397 e. The molecule has 0 bridgehead atoms. The van der Waals surface area contributed by atoms with Gasteiger partial charge in [-0.1, -0.05) is 6.07 Å². The summed E-state index contributed by atoms with van der Waals surface area (Å²) < 4.78 is 25.8. The number of nitrogens with zero attached hydrogens (tertiary/aromatic N) is 1. The van der Waals surface area contributed by atoms with Crippen molar-refractivity contribution in [3.05, 3.63) is 53.2 Å². The van der Waals surface area contributed by atoms with Crippen LogP contribution in [0.5, 0.6) is 0 Å². The predicted octanol–water partition coefficient (Wildman–Crippen LogP) is 2.91. The Kier molecular flexibility index (Phi) is 3.94. The van der Waals surface area contributed by atoms with E-state index in [4.69, 9.17) is 5.73 Å². The minimum atomic E-state index is -0.826. The summed E-state index contributed by atoms with van der Waals surface area (Å²) in [5, 5.41) is 3.11. The highest BCUT2D eigenvalue weighted by molar-refractivity contribution is 5.50. The summed E-state index contributed by atoms with van der Waals surface area (Å²) >= 11 is 0. The number of hydrogen-bond donors (Lipinski definition) is 2. The van der Waals surface area contributed by atoms with Gasteiger partial charge in [0, 0.05) is 6.54 Å². The molecule has 0 amide bonds. The molecule has 0 aliphatic carbocycles. The van der Waals surface area contributed by atoms with Gasteiger partial charge < -0.3 is 11.1 Å². The van der Waals surface area contributed by atoms with Crippen LogP contribution in [-0.2, 0) is 6.42 Å². The molecule has 5 heteroatoms. The highest BCUT2D eigenvalue weighted by Crippen LogP contribution is 2.13. The number of rotatable bonds is 4. The van der Waals surface area contributed by atoms with Crippen LogP contribution in [-0.4, -0.2) is 11.5 Å². The molecule has 0 spiro atoms. The van der Waals surface area contributed by atoms with Crippen molar-refractivity contribution < 1.29 is 8.78 Å². The third kappa shape index (κ3) is 3.40. The van der Waals surface area contributed by atoms with E-state index in [0.717, 1.165) is 17.2 Å². The van der Waals surface area contributed by atoms with Gasteiger partial charge in [-0.25, -0.2) is 13.8 Å². The quantitative estimate of drug-likeness (QED) is 0.891. The van der Waals surface area contributed by atoms with Crippen LogP contribution in [0.15, 0.2) is 30.5 Å². The van der Waals surface area contributed by atoms with Crippen LogP contribution >= 0.6 is 0 Å². The summed E-state index contributed by atoms with van der Waals surface area (Å²) in [7, 11) is 0. The number of halogens is 2. The molecule has 0 aliphatic heterocycles. The first-order valence-electron chi connectivity index (χ1n) is 5.96. The Morgan fingerprint density at radius 1 is 1.21 bits per heavy atom. The van der Waals surface area contributed by atoms with Crippen LogP contribution in [0.1, 0.15) is 11.1 Å². The van der Waals surface area contributed by atoms with Gasteiger partial charge in [0.05, 0.1) is 11.9 Å². The summed E-state index contributed by atoms with van der Waals surface area (Å²) in [5.41, 5.74) is 8.00. The number of nitrogen functional groups attached to an aromatic ring is 1. The van der Waals surface area contributed by atoms with Crippen LogP contribution in [0.2, 0.25) is 0 Å². The lowest BCUT2D eigenvalue weighted by molar-refractivity contribution is 0.507. The van der Waals surface area contributed by atoms with Gasteiger partial charge in [0.25, 0.3) is 0 Å². The summed E-state index contributed by atoms with van der Waals surface area (Å²) in [6.45, 7) is 2.49. The Morgan fingerprint density at radius 3 is 2.68 bits per heavy atom. The van der Waals surface area contributed by atoms with E-state index < -0.39 is 11.6 Å². The number of nitrogens with one attached hydrogen (secondary N) is 1. The maximum atomic E-state index is 13.0. The van der Waals surface area contributed by atoms with Crippen molar-refractivity contribution in [3.8, 4) is 0 Å². The Bertz CT molecular complexity index is 533. The zero-order valence-corrected chi connectivity index (χ0v) is 10.6. The molecule has 1 heterocycles. The first-order valence-corrected chi connectivity index (χ1v) is 5.96. The van der Waals surface area contributed by atoms with Gasteiger partial charge in [0.2, 0.25) is 0 Å². The summed E-state index contributed by atoms with van der Waals surface area (Å²) in [4.78, 5) is 4.13. The lowest BCUT2D eigenvalue weighted by Crippen LogP contribution is -2.07. The molecular weight excluding hydrogens is 248 g/mol. The molecule has 0 atom stereocenters. The fraction of sp³-hybridized carbons (Fsp3) is 0.214. The third-order valence-corrected chi connectivity index (χ3v) is 2.86. The molecule has 0 fully saturated rings. The third-order valence-electron chi connectivity index (χ3n) is 2.86. The SMILES string of the molecule is Cc1cc(NCCc2ccc(F)c(F)c2)ncc1N. The van der Waals surface area contributed by atoms with Gasteiger partial charge in [-0.05, 0) is 42.7 Å². The second-order valence-electron chi connectivity index (χ2n) is 4.35. The molecule has 1 aromatic heterocycles. The van der Waals surface area contributed by atoms with Crippen LogP contribution in [0, 0.1) is 18.6 Å². The number of benzene rings is 1. The van der Waals surface area contributed by atoms with Crippen LogP contribution < -0.4 is 11.1 Å². The first-order chi connectivity index (χ1) is 9.06. The molecule has 0 saturated heterocycles.